The van der Waals surface area contributed by atoms with Gasteiger partial charge in [-0.3, -0.25) is 37.3 Å². The number of ether oxygens (including phenoxy) is 4. The smallest absolute Gasteiger partial charge is 0.462 e. The van der Waals surface area contributed by atoms with Gasteiger partial charge >= 0.3 is 39.5 Å². The summed E-state index contributed by atoms with van der Waals surface area (Å²) < 4.78 is 68.8. The van der Waals surface area contributed by atoms with E-state index in [1.54, 1.807) is 0 Å². The second kappa shape index (κ2) is 75.6. The van der Waals surface area contributed by atoms with Crippen LogP contribution < -0.4 is 0 Å². The highest BCUT2D eigenvalue weighted by atomic mass is 31.2. The average Bonchev–Trinajstić information content (AvgIpc) is 0.923. The Bertz CT molecular complexity index is 2120. The summed E-state index contributed by atoms with van der Waals surface area (Å²) in [5, 5.41) is 10.7. The summed E-state index contributed by atoms with van der Waals surface area (Å²) in [6.07, 6.45) is 68.9. The molecule has 4 unspecified atom stereocenters. The first-order chi connectivity index (χ1) is 50.8. The fourth-order valence-electron chi connectivity index (χ4n) is 12.8. The fraction of sp³-hybridized carbons (Fsp3) is 0.907. The van der Waals surface area contributed by atoms with E-state index >= 15 is 0 Å². The molecule has 17 nitrogen and oxygen atoms in total. The maximum atomic E-state index is 13.1. The topological polar surface area (TPSA) is 237 Å². The number of carbonyl (C=O) groups is 4. The van der Waals surface area contributed by atoms with Crippen molar-refractivity contribution in [2.24, 2.45) is 17.8 Å². The van der Waals surface area contributed by atoms with Gasteiger partial charge in [0.15, 0.2) is 12.2 Å². The van der Waals surface area contributed by atoms with Crippen LogP contribution in [0.3, 0.4) is 0 Å². The van der Waals surface area contributed by atoms with Gasteiger partial charge in [-0.1, -0.05) is 375 Å². The second-order valence-corrected chi connectivity index (χ2v) is 34.3. The van der Waals surface area contributed by atoms with Gasteiger partial charge in [-0.15, -0.1) is 0 Å². The van der Waals surface area contributed by atoms with Gasteiger partial charge in [0.2, 0.25) is 0 Å². The van der Waals surface area contributed by atoms with E-state index in [0.717, 1.165) is 121 Å². The van der Waals surface area contributed by atoms with E-state index in [2.05, 4.69) is 72.8 Å². The minimum Gasteiger partial charge on any atom is -0.462 e. The number of rotatable bonds is 82. The predicted molar refractivity (Wildman–Crippen MR) is 432 cm³/mol. The Morgan fingerprint density at radius 2 is 0.562 bits per heavy atom. The van der Waals surface area contributed by atoms with E-state index in [1.165, 1.54) is 218 Å². The number of allylic oxidation sites excluding steroid dienone is 4. The normalized spacial score (nSPS) is 14.3. The third-order valence-electron chi connectivity index (χ3n) is 19.9. The van der Waals surface area contributed by atoms with Gasteiger partial charge in [-0.25, -0.2) is 9.13 Å². The molecule has 0 aliphatic carbocycles. The molecule has 0 saturated heterocycles. The molecule has 0 bridgehead atoms. The Balaban J connectivity index is 5.25. The maximum Gasteiger partial charge on any atom is 0.472 e. The van der Waals surface area contributed by atoms with E-state index in [4.69, 9.17) is 37.0 Å². The SMILES string of the molecule is CCCCCC/C=C\C=C/CCCCCCCC(=O)O[C@H](COC(=O)CCCCCCCCCC(C)C)COP(=O)(O)OCC(O)COP(=O)(O)OC[C@@H](COC(=O)CCCCCCCCCCCCCCCCCC(C)C)OC(=O)CCCCCCCCCCCCCCCCCCCCC(C)CC. The maximum absolute atomic E-state index is 13.1. The number of aliphatic hydroxyl groups excluding tert-OH is 1. The van der Waals surface area contributed by atoms with Crippen molar-refractivity contribution in [3.8, 4) is 0 Å². The third-order valence-corrected chi connectivity index (χ3v) is 21.8. The number of esters is 4. The molecule has 0 heterocycles. The Morgan fingerprint density at radius 1 is 0.314 bits per heavy atom. The molecule has 0 amide bonds. The number of hydrogen-bond acceptors (Lipinski definition) is 15. The highest BCUT2D eigenvalue weighted by Crippen LogP contribution is 2.45. The van der Waals surface area contributed by atoms with Crippen molar-refractivity contribution in [1.29, 1.82) is 0 Å². The van der Waals surface area contributed by atoms with Crippen LogP contribution >= 0.6 is 15.6 Å². The van der Waals surface area contributed by atoms with Crippen LogP contribution in [0.5, 0.6) is 0 Å². The summed E-state index contributed by atoms with van der Waals surface area (Å²) in [6, 6.07) is 0. The summed E-state index contributed by atoms with van der Waals surface area (Å²) >= 11 is 0. The molecule has 0 aliphatic rings. The lowest BCUT2D eigenvalue weighted by Crippen LogP contribution is -2.30. The van der Waals surface area contributed by atoms with Crippen LogP contribution in [-0.2, 0) is 65.4 Å². The summed E-state index contributed by atoms with van der Waals surface area (Å²) in [5.74, 6) is 0.240. The minimum atomic E-state index is -4.97. The zero-order valence-corrected chi connectivity index (χ0v) is 70.5. The van der Waals surface area contributed by atoms with E-state index in [0.29, 0.717) is 31.6 Å². The molecule has 3 N–H and O–H groups in total. The highest BCUT2D eigenvalue weighted by Gasteiger charge is 2.30. The molecule has 0 aromatic carbocycles. The van der Waals surface area contributed by atoms with Gasteiger partial charge in [0.25, 0.3) is 0 Å². The van der Waals surface area contributed by atoms with Crippen molar-refractivity contribution >= 4 is 39.5 Å². The molecule has 0 rings (SSSR count). The number of aliphatic hydroxyl groups is 1. The third kappa shape index (κ3) is 78.0. The standard InChI is InChI=1S/C86H164O17P2/c1-8-10-11-12-13-14-15-16-22-30-35-40-47-55-62-69-86(91)103-82(74-97-84(89)68-61-54-49-42-44-51-58-65-78(5)6)76-101-105(94,95)99-72-80(87)71-98-104(92,93)100-75-81(73-96-83(88)67-60-53-46-39-34-29-26-21-23-27-32-37-43-50-57-64-77(3)4)102-85(90)70-63-56-48-41-36-31-25-20-18-17-19-24-28-33-38-45-52-59-66-79(7)9-2/h14-16,22,77-82,87H,8-13,17-21,23-76H2,1-7H3,(H,92,93)(H,94,95)/b15-14-,22-16-/t79?,80?,81-,82-/m1/s1. The molecule has 620 valence electrons. The zero-order chi connectivity index (χ0) is 77.2. The summed E-state index contributed by atoms with van der Waals surface area (Å²) in [4.78, 5) is 73.1. The molecule has 0 fully saturated rings. The van der Waals surface area contributed by atoms with Crippen molar-refractivity contribution in [3.05, 3.63) is 24.3 Å². The van der Waals surface area contributed by atoms with Gasteiger partial charge in [-0.2, -0.15) is 0 Å². The Morgan fingerprint density at radius 3 is 0.848 bits per heavy atom. The van der Waals surface area contributed by atoms with E-state index in [9.17, 15) is 43.2 Å². The summed E-state index contributed by atoms with van der Waals surface area (Å²) in [5.41, 5.74) is 0. The van der Waals surface area contributed by atoms with Crippen molar-refractivity contribution in [2.75, 3.05) is 39.6 Å². The van der Waals surface area contributed by atoms with Crippen LogP contribution in [0, 0.1) is 17.8 Å². The molecule has 0 aliphatic heterocycles. The van der Waals surface area contributed by atoms with Crippen LogP contribution in [-0.4, -0.2) is 96.7 Å². The number of unbranched alkanes of at least 4 members (excludes halogenated alkanes) is 46. The van der Waals surface area contributed by atoms with Crippen LogP contribution in [0.1, 0.15) is 427 Å². The van der Waals surface area contributed by atoms with Crippen LogP contribution in [0.15, 0.2) is 24.3 Å². The lowest BCUT2D eigenvalue weighted by atomic mass is 9.99. The van der Waals surface area contributed by atoms with E-state index in [1.807, 2.05) is 0 Å². The van der Waals surface area contributed by atoms with E-state index < -0.39 is 97.5 Å². The summed E-state index contributed by atoms with van der Waals surface area (Å²) in [6.45, 7) is 11.9. The summed E-state index contributed by atoms with van der Waals surface area (Å²) in [7, 11) is -9.94. The lowest BCUT2D eigenvalue weighted by Gasteiger charge is -2.21. The first-order valence-electron chi connectivity index (χ1n) is 43.7. The number of hydrogen-bond donors (Lipinski definition) is 3. The fourth-order valence-corrected chi connectivity index (χ4v) is 14.4. The van der Waals surface area contributed by atoms with E-state index in [-0.39, 0.29) is 25.7 Å². The van der Waals surface area contributed by atoms with Gasteiger partial charge in [0.05, 0.1) is 26.4 Å². The van der Waals surface area contributed by atoms with Crippen LogP contribution in [0.25, 0.3) is 0 Å². The molecule has 0 aromatic rings. The Labute approximate surface area is 643 Å². The van der Waals surface area contributed by atoms with Gasteiger partial charge in [-0.05, 0) is 69.1 Å². The molecule has 0 spiro atoms. The zero-order valence-electron chi connectivity index (χ0n) is 68.7. The molecule has 0 saturated carbocycles. The largest absolute Gasteiger partial charge is 0.472 e. The molecule has 19 heteroatoms. The predicted octanol–water partition coefficient (Wildman–Crippen LogP) is 25.6. The monoisotopic (exact) mass is 1530 g/mol. The van der Waals surface area contributed by atoms with Crippen LogP contribution in [0.2, 0.25) is 0 Å². The second-order valence-electron chi connectivity index (χ2n) is 31.4. The number of phosphoric acid groups is 2. The minimum absolute atomic E-state index is 0.0843. The average molecular weight is 1530 g/mol. The quantitative estimate of drug-likeness (QED) is 0.0169. The molecule has 0 radical (unpaired) electrons. The van der Waals surface area contributed by atoms with Crippen molar-refractivity contribution in [1.82, 2.24) is 0 Å². The van der Waals surface area contributed by atoms with Crippen molar-refractivity contribution in [3.63, 3.8) is 0 Å². The number of phosphoric ester groups is 2. The molecule has 0 aromatic heterocycles. The van der Waals surface area contributed by atoms with Gasteiger partial charge < -0.3 is 33.8 Å². The molecular formula is C86H164O17P2. The van der Waals surface area contributed by atoms with Gasteiger partial charge in [0, 0.05) is 25.7 Å². The lowest BCUT2D eigenvalue weighted by molar-refractivity contribution is -0.161. The molecule has 6 atom stereocenters. The van der Waals surface area contributed by atoms with Crippen molar-refractivity contribution in [2.45, 2.75) is 446 Å². The van der Waals surface area contributed by atoms with Gasteiger partial charge in [0.1, 0.15) is 19.3 Å². The highest BCUT2D eigenvalue weighted by molar-refractivity contribution is 7.47. The Kier molecular flexibility index (Phi) is 73.8. The first kappa shape index (κ1) is 103. The number of carbonyl (C=O) groups excluding carboxylic acids is 4. The molecule has 105 heavy (non-hydrogen) atoms. The molecular weight excluding hydrogens is 1370 g/mol. The van der Waals surface area contributed by atoms with Crippen LogP contribution in [0.4, 0.5) is 0 Å². The Hall–Kier alpha value is -2.46. The first-order valence-corrected chi connectivity index (χ1v) is 46.7. The van der Waals surface area contributed by atoms with Crippen molar-refractivity contribution < 1.29 is 80.2 Å².